The van der Waals surface area contributed by atoms with Crippen LogP contribution in [0.5, 0.6) is 11.5 Å². The molecule has 2 rings (SSSR count). The average Bonchev–Trinajstić information content (AvgIpc) is 2.45. The number of halogens is 1. The molecular formula is C13H15ClO6S. The monoisotopic (exact) mass is 334 g/mol. The number of hydrogen-bond acceptors (Lipinski definition) is 6. The zero-order valence-electron chi connectivity index (χ0n) is 11.4. The van der Waals surface area contributed by atoms with Gasteiger partial charge in [-0.15, -0.1) is 0 Å². The molecule has 0 spiro atoms. The third kappa shape index (κ3) is 3.79. The molecule has 8 heteroatoms. The predicted molar refractivity (Wildman–Crippen MR) is 75.7 cm³/mol. The molecule has 0 amide bonds. The first-order valence-electron chi connectivity index (χ1n) is 6.49. The Morgan fingerprint density at radius 1 is 1.33 bits per heavy atom. The zero-order chi connectivity index (χ0) is 15.5. The van der Waals surface area contributed by atoms with Crippen LogP contribution in [0.1, 0.15) is 30.1 Å². The Bertz CT molecular complexity index is 640. The fraction of sp³-hybridized carbons (Fsp3) is 0.462. The number of carbonyl (C=O) groups excluding carboxylic acids is 1. The molecule has 0 aliphatic carbocycles. The van der Waals surface area contributed by atoms with E-state index in [4.69, 9.17) is 24.9 Å². The largest absolute Gasteiger partial charge is 0.486 e. The van der Waals surface area contributed by atoms with E-state index in [9.17, 15) is 13.2 Å². The van der Waals surface area contributed by atoms with Crippen molar-refractivity contribution in [2.75, 3.05) is 19.8 Å². The SMILES string of the molecule is CCCCOC(=O)c1cc(S(=O)(=O)Cl)cc2c1OCCO2. The van der Waals surface area contributed by atoms with E-state index in [0.717, 1.165) is 18.9 Å². The number of ether oxygens (including phenoxy) is 3. The molecule has 1 heterocycles. The molecule has 1 aromatic carbocycles. The second-order valence-corrected chi connectivity index (χ2v) is 6.99. The molecule has 1 aromatic rings. The molecule has 0 atom stereocenters. The number of esters is 1. The molecule has 116 valence electrons. The van der Waals surface area contributed by atoms with Crippen molar-refractivity contribution < 1.29 is 27.4 Å². The Kier molecular flexibility index (Phi) is 4.95. The van der Waals surface area contributed by atoms with Crippen LogP contribution in [0.4, 0.5) is 0 Å². The number of rotatable bonds is 5. The summed E-state index contributed by atoms with van der Waals surface area (Å²) in [5.74, 6) is -0.301. The van der Waals surface area contributed by atoms with E-state index in [0.29, 0.717) is 0 Å². The van der Waals surface area contributed by atoms with E-state index in [1.807, 2.05) is 6.92 Å². The van der Waals surface area contributed by atoms with Gasteiger partial charge in [-0.3, -0.25) is 0 Å². The molecule has 0 aromatic heterocycles. The molecule has 6 nitrogen and oxygen atoms in total. The maximum Gasteiger partial charge on any atom is 0.342 e. The maximum absolute atomic E-state index is 12.1. The Morgan fingerprint density at radius 2 is 2.05 bits per heavy atom. The first-order chi connectivity index (χ1) is 9.93. The summed E-state index contributed by atoms with van der Waals surface area (Å²) in [5.41, 5.74) is 0.00234. The highest BCUT2D eigenvalue weighted by Gasteiger charge is 2.26. The lowest BCUT2D eigenvalue weighted by Gasteiger charge is -2.21. The van der Waals surface area contributed by atoms with E-state index in [-0.39, 0.29) is 41.8 Å². The number of unbranched alkanes of at least 4 members (excludes halogenated alkanes) is 1. The number of carbonyl (C=O) groups is 1. The van der Waals surface area contributed by atoms with Crippen LogP contribution in [0.3, 0.4) is 0 Å². The molecule has 0 N–H and O–H groups in total. The van der Waals surface area contributed by atoms with Crippen molar-refractivity contribution in [1.29, 1.82) is 0 Å². The molecule has 0 fully saturated rings. The quantitative estimate of drug-likeness (QED) is 0.467. The highest BCUT2D eigenvalue weighted by atomic mass is 35.7. The summed E-state index contributed by atoms with van der Waals surface area (Å²) in [6, 6.07) is 2.38. The van der Waals surface area contributed by atoms with Gasteiger partial charge in [0.05, 0.1) is 11.5 Å². The Balaban J connectivity index is 2.40. The van der Waals surface area contributed by atoms with Crippen molar-refractivity contribution in [2.45, 2.75) is 24.7 Å². The number of hydrogen-bond donors (Lipinski definition) is 0. The zero-order valence-corrected chi connectivity index (χ0v) is 13.0. The van der Waals surface area contributed by atoms with Crippen molar-refractivity contribution in [1.82, 2.24) is 0 Å². The van der Waals surface area contributed by atoms with Crippen LogP contribution in [0.2, 0.25) is 0 Å². The van der Waals surface area contributed by atoms with Crippen LogP contribution in [-0.4, -0.2) is 34.2 Å². The predicted octanol–water partition coefficient (Wildman–Crippen LogP) is 2.34. The fourth-order valence-corrected chi connectivity index (χ4v) is 2.58. The fourth-order valence-electron chi connectivity index (χ4n) is 1.81. The number of fused-ring (bicyclic) bond motifs is 1. The summed E-state index contributed by atoms with van der Waals surface area (Å²) in [5, 5.41) is 0. The lowest BCUT2D eigenvalue weighted by atomic mass is 10.1. The molecule has 1 aliphatic heterocycles. The smallest absolute Gasteiger partial charge is 0.342 e. The van der Waals surface area contributed by atoms with Gasteiger partial charge in [0.25, 0.3) is 9.05 Å². The minimum Gasteiger partial charge on any atom is -0.486 e. The molecule has 0 radical (unpaired) electrons. The molecule has 21 heavy (non-hydrogen) atoms. The molecule has 1 aliphatic rings. The second kappa shape index (κ2) is 6.53. The van der Waals surface area contributed by atoms with Crippen molar-refractivity contribution in [2.24, 2.45) is 0 Å². The van der Waals surface area contributed by atoms with E-state index in [1.54, 1.807) is 0 Å². The highest BCUT2D eigenvalue weighted by Crippen LogP contribution is 2.37. The minimum atomic E-state index is -3.99. The summed E-state index contributed by atoms with van der Waals surface area (Å²) in [4.78, 5) is 11.8. The molecule has 0 saturated carbocycles. The second-order valence-electron chi connectivity index (χ2n) is 4.42. The van der Waals surface area contributed by atoms with E-state index in [1.165, 1.54) is 6.07 Å². The normalized spacial score (nSPS) is 13.8. The average molecular weight is 335 g/mol. The van der Waals surface area contributed by atoms with Gasteiger partial charge < -0.3 is 14.2 Å². The highest BCUT2D eigenvalue weighted by molar-refractivity contribution is 8.13. The van der Waals surface area contributed by atoms with E-state index in [2.05, 4.69) is 0 Å². The van der Waals surface area contributed by atoms with Gasteiger partial charge in [-0.1, -0.05) is 13.3 Å². The van der Waals surface area contributed by atoms with Crippen molar-refractivity contribution >= 4 is 25.7 Å². The van der Waals surface area contributed by atoms with E-state index < -0.39 is 15.0 Å². The van der Waals surface area contributed by atoms with Crippen LogP contribution in [0.25, 0.3) is 0 Å². The van der Waals surface area contributed by atoms with Crippen LogP contribution in [0, 0.1) is 0 Å². The molecule has 0 bridgehead atoms. The van der Waals surface area contributed by atoms with Crippen LogP contribution >= 0.6 is 10.7 Å². The summed E-state index contributed by atoms with van der Waals surface area (Å²) >= 11 is 0. The van der Waals surface area contributed by atoms with Gasteiger partial charge in [-0.25, -0.2) is 13.2 Å². The van der Waals surface area contributed by atoms with Gasteiger partial charge in [-0.05, 0) is 12.5 Å². The molecule has 0 saturated heterocycles. The Hall–Kier alpha value is -1.47. The van der Waals surface area contributed by atoms with Gasteiger partial charge >= 0.3 is 5.97 Å². The summed E-state index contributed by atoms with van der Waals surface area (Å²) in [6.45, 7) is 2.76. The van der Waals surface area contributed by atoms with Crippen molar-refractivity contribution in [3.8, 4) is 11.5 Å². The molecule has 0 unspecified atom stereocenters. The van der Waals surface area contributed by atoms with Gasteiger partial charge in [0.1, 0.15) is 18.8 Å². The van der Waals surface area contributed by atoms with Crippen LogP contribution in [0.15, 0.2) is 17.0 Å². The van der Waals surface area contributed by atoms with Crippen LogP contribution < -0.4 is 9.47 Å². The van der Waals surface area contributed by atoms with Gasteiger partial charge in [0.2, 0.25) is 0 Å². The lowest BCUT2D eigenvalue weighted by molar-refractivity contribution is 0.0489. The Labute approximate surface area is 127 Å². The summed E-state index contributed by atoms with van der Waals surface area (Å²) < 4.78 is 38.7. The maximum atomic E-state index is 12.1. The third-order valence-electron chi connectivity index (χ3n) is 2.85. The van der Waals surface area contributed by atoms with Crippen molar-refractivity contribution in [3.05, 3.63) is 17.7 Å². The van der Waals surface area contributed by atoms with Gasteiger partial charge in [-0.2, -0.15) is 0 Å². The standard InChI is InChI=1S/C13H15ClO6S/c1-2-3-4-20-13(15)10-7-9(21(14,16)17)8-11-12(10)19-6-5-18-11/h7-8H,2-6H2,1H3. The summed E-state index contributed by atoms with van der Waals surface area (Å²) in [6.07, 6.45) is 1.60. The first kappa shape index (κ1) is 15.9. The first-order valence-corrected chi connectivity index (χ1v) is 8.80. The minimum absolute atomic E-state index is 0.00234. The van der Waals surface area contributed by atoms with Gasteiger partial charge in [0.15, 0.2) is 11.5 Å². The third-order valence-corrected chi connectivity index (χ3v) is 4.18. The summed E-state index contributed by atoms with van der Waals surface area (Å²) in [7, 11) is 1.34. The van der Waals surface area contributed by atoms with Crippen molar-refractivity contribution in [3.63, 3.8) is 0 Å². The van der Waals surface area contributed by atoms with E-state index >= 15 is 0 Å². The number of benzene rings is 1. The Morgan fingerprint density at radius 3 is 2.71 bits per heavy atom. The molecular weight excluding hydrogens is 320 g/mol. The van der Waals surface area contributed by atoms with Crippen LogP contribution in [-0.2, 0) is 13.8 Å². The van der Waals surface area contributed by atoms with Gasteiger partial charge in [0, 0.05) is 16.7 Å². The lowest BCUT2D eigenvalue weighted by Crippen LogP contribution is -2.19. The topological polar surface area (TPSA) is 78.9 Å².